The van der Waals surface area contributed by atoms with Crippen LogP contribution in [0.5, 0.6) is 0 Å². The van der Waals surface area contributed by atoms with E-state index in [2.05, 4.69) is 76.8 Å². The molecule has 2 N–H and O–H groups in total. The predicted molar refractivity (Wildman–Crippen MR) is 118 cm³/mol. The SMILES string of the molecule is Cc1cc(Br)ccc1N1CCN(C(=S)Nc2ccc(-c3nn[nH]n3)cc2)CC1. The fraction of sp³-hybridized carbons (Fsp3) is 0.263. The van der Waals surface area contributed by atoms with Crippen LogP contribution in [0, 0.1) is 6.92 Å². The molecule has 7 nitrogen and oxygen atoms in total. The quantitative estimate of drug-likeness (QED) is 0.583. The van der Waals surface area contributed by atoms with Gasteiger partial charge in [-0.25, -0.2) is 0 Å². The van der Waals surface area contributed by atoms with E-state index in [1.807, 2.05) is 24.3 Å². The Morgan fingerprint density at radius 2 is 1.86 bits per heavy atom. The molecule has 1 saturated heterocycles. The van der Waals surface area contributed by atoms with Crippen molar-refractivity contribution in [1.29, 1.82) is 0 Å². The Morgan fingerprint density at radius 1 is 1.11 bits per heavy atom. The van der Waals surface area contributed by atoms with Gasteiger partial charge in [0.25, 0.3) is 0 Å². The molecule has 1 aliphatic heterocycles. The van der Waals surface area contributed by atoms with Gasteiger partial charge in [0.1, 0.15) is 0 Å². The summed E-state index contributed by atoms with van der Waals surface area (Å²) in [5, 5.41) is 18.1. The molecule has 0 unspecified atom stereocenters. The van der Waals surface area contributed by atoms with Gasteiger partial charge in [-0.15, -0.1) is 10.2 Å². The molecule has 0 saturated carbocycles. The first-order valence-electron chi connectivity index (χ1n) is 9.01. The zero-order chi connectivity index (χ0) is 19.5. The second kappa shape index (κ2) is 8.24. The number of nitrogens with one attached hydrogen (secondary N) is 2. The molecule has 4 rings (SSSR count). The number of benzene rings is 2. The van der Waals surface area contributed by atoms with E-state index in [4.69, 9.17) is 12.2 Å². The van der Waals surface area contributed by atoms with Crippen LogP contribution in [0.25, 0.3) is 11.4 Å². The van der Waals surface area contributed by atoms with Crippen molar-refractivity contribution in [1.82, 2.24) is 25.5 Å². The van der Waals surface area contributed by atoms with Gasteiger partial charge in [0, 0.05) is 47.6 Å². The highest BCUT2D eigenvalue weighted by Crippen LogP contribution is 2.25. The molecule has 9 heteroatoms. The Labute approximate surface area is 177 Å². The molecule has 2 heterocycles. The zero-order valence-electron chi connectivity index (χ0n) is 15.4. The summed E-state index contributed by atoms with van der Waals surface area (Å²) in [6.07, 6.45) is 0. The van der Waals surface area contributed by atoms with Crippen molar-refractivity contribution < 1.29 is 0 Å². The summed E-state index contributed by atoms with van der Waals surface area (Å²) in [6.45, 7) is 5.82. The first kappa shape index (κ1) is 18.8. The van der Waals surface area contributed by atoms with Crippen molar-refractivity contribution in [3.8, 4) is 11.4 Å². The van der Waals surface area contributed by atoms with Crippen LogP contribution >= 0.6 is 28.1 Å². The average Bonchev–Trinajstić information content (AvgIpc) is 3.24. The molecule has 0 bridgehead atoms. The number of aromatic nitrogens is 4. The minimum Gasteiger partial charge on any atom is -0.368 e. The topological polar surface area (TPSA) is 73.0 Å². The van der Waals surface area contributed by atoms with Gasteiger partial charge in [-0.05, 0) is 72.4 Å². The molecule has 0 amide bonds. The van der Waals surface area contributed by atoms with Gasteiger partial charge >= 0.3 is 0 Å². The van der Waals surface area contributed by atoms with Gasteiger partial charge in [0.2, 0.25) is 5.82 Å². The molecule has 2 aromatic carbocycles. The lowest BCUT2D eigenvalue weighted by Crippen LogP contribution is -2.50. The normalized spacial score (nSPS) is 14.2. The Balaban J connectivity index is 1.34. The van der Waals surface area contributed by atoms with Gasteiger partial charge in [0.15, 0.2) is 5.11 Å². The van der Waals surface area contributed by atoms with E-state index in [9.17, 15) is 0 Å². The highest BCUT2D eigenvalue weighted by Gasteiger charge is 2.20. The van der Waals surface area contributed by atoms with Crippen molar-refractivity contribution in [3.05, 3.63) is 52.5 Å². The van der Waals surface area contributed by atoms with Crippen LogP contribution in [0.15, 0.2) is 46.9 Å². The maximum Gasteiger partial charge on any atom is 0.204 e. The number of thiocarbonyl (C=S) groups is 1. The standard InChI is InChI=1S/C19H20BrN7S/c1-13-12-15(20)4-7-17(13)26-8-10-27(11-9-26)19(28)21-16-5-2-14(3-6-16)18-22-24-25-23-18/h2-7,12H,8-11H2,1H3,(H,21,28)(H,22,23,24,25). The third-order valence-electron chi connectivity index (χ3n) is 4.81. The smallest absolute Gasteiger partial charge is 0.204 e. The van der Waals surface area contributed by atoms with Gasteiger partial charge < -0.3 is 15.1 Å². The van der Waals surface area contributed by atoms with Crippen LogP contribution in [0.3, 0.4) is 0 Å². The maximum absolute atomic E-state index is 5.62. The molecular weight excluding hydrogens is 438 g/mol. The molecule has 1 fully saturated rings. The Morgan fingerprint density at radius 3 is 2.50 bits per heavy atom. The van der Waals surface area contributed by atoms with E-state index in [-0.39, 0.29) is 0 Å². The summed E-state index contributed by atoms with van der Waals surface area (Å²) in [5.74, 6) is 0.577. The number of H-pyrrole nitrogens is 1. The Hall–Kier alpha value is -2.52. The fourth-order valence-corrected chi connectivity index (χ4v) is 4.09. The lowest BCUT2D eigenvalue weighted by Gasteiger charge is -2.38. The number of hydrogen-bond acceptors (Lipinski definition) is 5. The van der Waals surface area contributed by atoms with Gasteiger partial charge in [-0.3, -0.25) is 0 Å². The predicted octanol–water partition coefficient (Wildman–Crippen LogP) is 3.46. The molecule has 1 aromatic heterocycles. The lowest BCUT2D eigenvalue weighted by molar-refractivity contribution is 0.390. The third kappa shape index (κ3) is 4.15. The van der Waals surface area contributed by atoms with Crippen molar-refractivity contribution in [2.45, 2.75) is 6.92 Å². The minimum absolute atomic E-state index is 0.577. The molecule has 0 spiro atoms. The molecule has 1 aliphatic rings. The summed E-state index contributed by atoms with van der Waals surface area (Å²) in [6, 6.07) is 14.3. The molecule has 144 valence electrons. The van der Waals surface area contributed by atoms with Crippen LogP contribution in [0.4, 0.5) is 11.4 Å². The molecule has 0 radical (unpaired) electrons. The van der Waals surface area contributed by atoms with E-state index in [0.717, 1.165) is 47.0 Å². The number of tetrazole rings is 1. The summed E-state index contributed by atoms with van der Waals surface area (Å²) < 4.78 is 1.11. The first-order chi connectivity index (χ1) is 13.6. The Kier molecular flexibility index (Phi) is 5.54. The zero-order valence-corrected chi connectivity index (χ0v) is 17.8. The van der Waals surface area contributed by atoms with E-state index in [0.29, 0.717) is 5.82 Å². The van der Waals surface area contributed by atoms with Crippen LogP contribution in [0.1, 0.15) is 5.56 Å². The number of anilines is 2. The van der Waals surface area contributed by atoms with Crippen LogP contribution in [0.2, 0.25) is 0 Å². The van der Waals surface area contributed by atoms with Crippen LogP contribution in [-0.4, -0.2) is 56.8 Å². The molecular formula is C19H20BrN7S. The highest BCUT2D eigenvalue weighted by molar-refractivity contribution is 9.10. The summed E-state index contributed by atoms with van der Waals surface area (Å²) in [4.78, 5) is 4.63. The minimum atomic E-state index is 0.577. The van der Waals surface area contributed by atoms with E-state index in [1.54, 1.807) is 0 Å². The monoisotopic (exact) mass is 457 g/mol. The fourth-order valence-electron chi connectivity index (χ4n) is 3.31. The summed E-state index contributed by atoms with van der Waals surface area (Å²) in [7, 11) is 0. The largest absolute Gasteiger partial charge is 0.368 e. The molecule has 0 atom stereocenters. The van der Waals surface area contributed by atoms with E-state index < -0.39 is 0 Å². The average molecular weight is 458 g/mol. The maximum atomic E-state index is 5.62. The third-order valence-corrected chi connectivity index (χ3v) is 5.66. The van der Waals surface area contributed by atoms with Crippen molar-refractivity contribution in [2.75, 3.05) is 36.4 Å². The number of rotatable bonds is 3. The second-order valence-corrected chi connectivity index (χ2v) is 7.95. The molecule has 28 heavy (non-hydrogen) atoms. The molecule has 0 aliphatic carbocycles. The van der Waals surface area contributed by atoms with E-state index in [1.165, 1.54) is 11.3 Å². The van der Waals surface area contributed by atoms with Gasteiger partial charge in [-0.2, -0.15) is 5.21 Å². The number of aromatic amines is 1. The van der Waals surface area contributed by atoms with E-state index >= 15 is 0 Å². The van der Waals surface area contributed by atoms with Gasteiger partial charge in [0.05, 0.1) is 0 Å². The summed E-state index contributed by atoms with van der Waals surface area (Å²) in [5.41, 5.74) is 4.43. The van der Waals surface area contributed by atoms with Crippen molar-refractivity contribution >= 4 is 44.6 Å². The first-order valence-corrected chi connectivity index (χ1v) is 10.2. The number of hydrogen-bond donors (Lipinski definition) is 2. The van der Waals surface area contributed by atoms with Crippen molar-refractivity contribution in [2.24, 2.45) is 0 Å². The summed E-state index contributed by atoms with van der Waals surface area (Å²) >= 11 is 9.15. The number of piperazine rings is 1. The number of halogens is 1. The van der Waals surface area contributed by atoms with Crippen LogP contribution in [-0.2, 0) is 0 Å². The van der Waals surface area contributed by atoms with Crippen LogP contribution < -0.4 is 10.2 Å². The lowest BCUT2D eigenvalue weighted by atomic mass is 10.1. The number of nitrogens with zero attached hydrogens (tertiary/aromatic N) is 5. The molecule has 3 aromatic rings. The van der Waals surface area contributed by atoms with Crippen molar-refractivity contribution in [3.63, 3.8) is 0 Å². The van der Waals surface area contributed by atoms with Gasteiger partial charge in [-0.1, -0.05) is 15.9 Å². The second-order valence-electron chi connectivity index (χ2n) is 6.65. The highest BCUT2D eigenvalue weighted by atomic mass is 79.9. The number of aryl methyl sites for hydroxylation is 1. The Bertz CT molecular complexity index is 951.